The van der Waals surface area contributed by atoms with E-state index >= 15 is 0 Å². The summed E-state index contributed by atoms with van der Waals surface area (Å²) in [5.41, 5.74) is 5.27. The van der Waals surface area contributed by atoms with Crippen molar-refractivity contribution in [3.8, 4) is 0 Å². The maximum atomic E-state index is 11.5. The van der Waals surface area contributed by atoms with Crippen LogP contribution in [0.25, 0.3) is 0 Å². The Labute approximate surface area is 91.2 Å². The summed E-state index contributed by atoms with van der Waals surface area (Å²) in [6.07, 6.45) is 1.04. The number of non-ortho nitro benzene ring substituents is 1. The van der Waals surface area contributed by atoms with Crippen LogP contribution in [0.3, 0.4) is 0 Å². The van der Waals surface area contributed by atoms with Gasteiger partial charge in [0.25, 0.3) is 5.69 Å². The predicted molar refractivity (Wildman–Crippen MR) is 56.8 cm³/mol. The zero-order valence-electron chi connectivity index (χ0n) is 8.29. The van der Waals surface area contributed by atoms with Gasteiger partial charge in [-0.2, -0.15) is 0 Å². The molecule has 0 aliphatic heterocycles. The summed E-state index contributed by atoms with van der Waals surface area (Å²) in [5.74, 6) is -0.477. The molecule has 6 nitrogen and oxygen atoms in total. The third kappa shape index (κ3) is 2.89. The second-order valence-electron chi connectivity index (χ2n) is 3.05. The molecule has 0 unspecified atom stereocenters. The first-order chi connectivity index (χ1) is 7.54. The van der Waals surface area contributed by atoms with Crippen LogP contribution < -0.4 is 5.73 Å². The highest BCUT2D eigenvalue weighted by atomic mass is 16.6. The molecule has 0 amide bonds. The fraction of sp³-hybridized carbons (Fsp3) is 0.100. The third-order valence-electron chi connectivity index (χ3n) is 1.84. The highest BCUT2D eigenvalue weighted by Gasteiger charge is 2.09. The molecule has 6 heteroatoms. The fourth-order valence-corrected chi connectivity index (χ4v) is 1.07. The van der Waals surface area contributed by atoms with Crippen molar-refractivity contribution in [2.24, 2.45) is 5.73 Å². The van der Waals surface area contributed by atoms with Crippen molar-refractivity contribution in [2.75, 3.05) is 6.61 Å². The lowest BCUT2D eigenvalue weighted by Gasteiger charge is -1.97. The maximum Gasteiger partial charge on any atom is 0.270 e. The molecule has 16 heavy (non-hydrogen) atoms. The molecule has 0 aromatic heterocycles. The van der Waals surface area contributed by atoms with Gasteiger partial charge in [-0.15, -0.1) is 0 Å². The van der Waals surface area contributed by atoms with E-state index in [2.05, 4.69) is 0 Å². The molecule has 1 aromatic rings. The first-order valence-electron chi connectivity index (χ1n) is 4.40. The lowest BCUT2D eigenvalue weighted by Crippen LogP contribution is -2.06. The monoisotopic (exact) mass is 222 g/mol. The molecule has 1 rings (SSSR count). The van der Waals surface area contributed by atoms with Gasteiger partial charge in [-0.05, 0) is 0 Å². The van der Waals surface area contributed by atoms with Gasteiger partial charge in [-0.3, -0.25) is 14.9 Å². The van der Waals surface area contributed by atoms with Crippen LogP contribution in [0.2, 0.25) is 0 Å². The molecule has 0 fully saturated rings. The molecule has 0 aliphatic rings. The molecule has 1 aromatic carbocycles. The van der Waals surface area contributed by atoms with Crippen molar-refractivity contribution in [2.45, 2.75) is 0 Å². The molecule has 84 valence electrons. The van der Waals surface area contributed by atoms with Crippen molar-refractivity contribution in [1.29, 1.82) is 0 Å². The minimum atomic E-state index is -0.587. The Morgan fingerprint density at radius 2 is 2.25 bits per heavy atom. The number of nitrogens with zero attached hydrogens (tertiary/aromatic N) is 1. The smallest absolute Gasteiger partial charge is 0.270 e. The molecule has 0 saturated heterocycles. The van der Waals surface area contributed by atoms with Crippen molar-refractivity contribution in [3.63, 3.8) is 0 Å². The molecule has 0 atom stereocenters. The third-order valence-corrected chi connectivity index (χ3v) is 1.84. The summed E-state index contributed by atoms with van der Waals surface area (Å²) in [4.78, 5) is 21.4. The number of nitrogens with two attached hydrogens (primary N) is 1. The number of allylic oxidation sites excluding steroid dienone is 1. The Morgan fingerprint density at radius 1 is 1.56 bits per heavy atom. The van der Waals surface area contributed by atoms with Gasteiger partial charge in [-0.25, -0.2) is 0 Å². The van der Waals surface area contributed by atoms with E-state index in [1.165, 1.54) is 18.2 Å². The van der Waals surface area contributed by atoms with Gasteiger partial charge in [-0.1, -0.05) is 12.1 Å². The van der Waals surface area contributed by atoms with Gasteiger partial charge in [0.1, 0.15) is 0 Å². The van der Waals surface area contributed by atoms with E-state index in [1.54, 1.807) is 0 Å². The van der Waals surface area contributed by atoms with E-state index in [-0.39, 0.29) is 16.9 Å². The summed E-state index contributed by atoms with van der Waals surface area (Å²) >= 11 is 0. The van der Waals surface area contributed by atoms with Gasteiger partial charge < -0.3 is 10.8 Å². The topological polar surface area (TPSA) is 106 Å². The Hall–Kier alpha value is -2.21. The standard InChI is InChI=1S/C10H10N2O4/c11-8(6-13)5-10(14)7-2-1-3-9(4-7)12(15)16/h1-5,13H,6,11H2. The summed E-state index contributed by atoms with van der Waals surface area (Å²) in [6, 6.07) is 5.30. The van der Waals surface area contributed by atoms with Crippen LogP contribution in [0.4, 0.5) is 5.69 Å². The molecule has 0 bridgehead atoms. The normalized spacial score (nSPS) is 11.2. The quantitative estimate of drug-likeness (QED) is 0.336. The Balaban J connectivity index is 3.01. The van der Waals surface area contributed by atoms with Crippen LogP contribution in [0.15, 0.2) is 36.0 Å². The summed E-state index contributed by atoms with van der Waals surface area (Å²) in [5, 5.41) is 19.1. The Morgan fingerprint density at radius 3 is 2.81 bits per heavy atom. The lowest BCUT2D eigenvalue weighted by molar-refractivity contribution is -0.384. The molecule has 0 saturated carbocycles. The summed E-state index contributed by atoms with van der Waals surface area (Å²) in [6.45, 7) is -0.430. The van der Waals surface area contributed by atoms with Gasteiger partial charge in [0.2, 0.25) is 0 Å². The van der Waals surface area contributed by atoms with Crippen LogP contribution in [0.5, 0.6) is 0 Å². The zero-order chi connectivity index (χ0) is 12.1. The van der Waals surface area contributed by atoms with Crippen LogP contribution in [-0.2, 0) is 0 Å². The SMILES string of the molecule is NC(=CC(=O)c1cccc([N+](=O)[O-])c1)CO. The van der Waals surface area contributed by atoms with Crippen molar-refractivity contribution < 1.29 is 14.8 Å². The second kappa shape index (κ2) is 5.04. The van der Waals surface area contributed by atoms with E-state index < -0.39 is 17.3 Å². The lowest BCUT2D eigenvalue weighted by atomic mass is 10.1. The number of hydrogen-bond acceptors (Lipinski definition) is 5. The molecule has 3 N–H and O–H groups in total. The van der Waals surface area contributed by atoms with Crippen molar-refractivity contribution >= 4 is 11.5 Å². The first-order valence-corrected chi connectivity index (χ1v) is 4.40. The number of benzene rings is 1. The first kappa shape index (κ1) is 11.9. The van der Waals surface area contributed by atoms with Crippen molar-refractivity contribution in [1.82, 2.24) is 0 Å². The second-order valence-corrected chi connectivity index (χ2v) is 3.05. The van der Waals surface area contributed by atoms with E-state index in [1.807, 2.05) is 0 Å². The minimum Gasteiger partial charge on any atom is -0.400 e. The molecule has 0 aliphatic carbocycles. The highest BCUT2D eigenvalue weighted by molar-refractivity contribution is 6.05. The maximum absolute atomic E-state index is 11.5. The number of carbonyl (C=O) groups is 1. The predicted octanol–water partition coefficient (Wildman–Crippen LogP) is 0.612. The van der Waals surface area contributed by atoms with Gasteiger partial charge in [0.05, 0.1) is 11.5 Å². The van der Waals surface area contributed by atoms with Crippen LogP contribution in [0, 0.1) is 10.1 Å². The van der Waals surface area contributed by atoms with E-state index in [9.17, 15) is 14.9 Å². The van der Waals surface area contributed by atoms with Crippen LogP contribution in [-0.4, -0.2) is 22.4 Å². The van der Waals surface area contributed by atoms with Gasteiger partial charge in [0.15, 0.2) is 5.78 Å². The zero-order valence-corrected chi connectivity index (χ0v) is 8.29. The highest BCUT2D eigenvalue weighted by Crippen LogP contribution is 2.13. The number of ketones is 1. The van der Waals surface area contributed by atoms with Gasteiger partial charge >= 0.3 is 0 Å². The number of aliphatic hydroxyl groups excluding tert-OH is 1. The van der Waals surface area contributed by atoms with Gasteiger partial charge in [0, 0.05) is 29.5 Å². The Bertz CT molecular complexity index is 454. The fourth-order valence-electron chi connectivity index (χ4n) is 1.07. The molecular formula is C10H10N2O4. The molecule has 0 spiro atoms. The largest absolute Gasteiger partial charge is 0.400 e. The number of carbonyl (C=O) groups excluding carboxylic acids is 1. The number of rotatable bonds is 4. The number of aliphatic hydroxyl groups is 1. The van der Waals surface area contributed by atoms with E-state index in [0.717, 1.165) is 12.1 Å². The van der Waals surface area contributed by atoms with Crippen LogP contribution in [0.1, 0.15) is 10.4 Å². The molecule has 0 radical (unpaired) electrons. The number of hydrogen-bond donors (Lipinski definition) is 2. The van der Waals surface area contributed by atoms with E-state index in [0.29, 0.717) is 0 Å². The minimum absolute atomic E-state index is 0.0107. The van der Waals surface area contributed by atoms with E-state index in [4.69, 9.17) is 10.8 Å². The number of nitro benzene ring substituents is 1. The Kier molecular flexibility index (Phi) is 3.73. The average Bonchev–Trinajstić information content (AvgIpc) is 2.28. The molecular weight excluding hydrogens is 212 g/mol. The summed E-state index contributed by atoms with van der Waals surface area (Å²) in [7, 11) is 0. The average molecular weight is 222 g/mol. The van der Waals surface area contributed by atoms with Crippen LogP contribution >= 0.6 is 0 Å². The molecule has 0 heterocycles. The van der Waals surface area contributed by atoms with Crippen molar-refractivity contribution in [3.05, 3.63) is 51.7 Å². The number of nitro groups is 1. The summed E-state index contributed by atoms with van der Waals surface area (Å²) < 4.78 is 0.